The van der Waals surface area contributed by atoms with Crippen LogP contribution in [0.5, 0.6) is 5.75 Å². The monoisotopic (exact) mass is 555 g/mol. The van der Waals surface area contributed by atoms with Crippen molar-refractivity contribution in [2.24, 2.45) is 13.0 Å². The van der Waals surface area contributed by atoms with Crippen molar-refractivity contribution in [3.8, 4) is 5.75 Å². The van der Waals surface area contributed by atoms with Crippen molar-refractivity contribution in [1.29, 1.82) is 0 Å². The van der Waals surface area contributed by atoms with Gasteiger partial charge < -0.3 is 15.2 Å². The summed E-state index contributed by atoms with van der Waals surface area (Å²) in [5.41, 5.74) is 5.13. The molecule has 0 unspecified atom stereocenters. The normalized spacial score (nSPS) is 14.4. The zero-order valence-electron chi connectivity index (χ0n) is 23.1. The molecule has 2 aromatic carbocycles. The highest BCUT2D eigenvalue weighted by Gasteiger charge is 2.23. The van der Waals surface area contributed by atoms with Crippen molar-refractivity contribution >= 4 is 23.6 Å². The number of benzene rings is 2. The van der Waals surface area contributed by atoms with E-state index >= 15 is 0 Å². The van der Waals surface area contributed by atoms with Crippen LogP contribution in [0.15, 0.2) is 66.7 Å². The Bertz CT molecular complexity index is 1320. The number of allylic oxidation sites excluding steroid dienone is 1. The van der Waals surface area contributed by atoms with Crippen LogP contribution in [0.3, 0.4) is 0 Å². The molecular weight excluding hydrogens is 519 g/mol. The van der Waals surface area contributed by atoms with Gasteiger partial charge in [0.15, 0.2) is 0 Å². The maximum absolute atomic E-state index is 12.4. The molecule has 2 N–H and O–H groups in total. The van der Waals surface area contributed by atoms with Crippen LogP contribution in [0.25, 0.3) is 11.5 Å². The third kappa shape index (κ3) is 9.32. The van der Waals surface area contributed by atoms with Gasteiger partial charge in [0.05, 0.1) is 5.70 Å². The quantitative estimate of drug-likeness (QED) is 0.159. The molecule has 1 aromatic heterocycles. The molecule has 1 saturated carbocycles. The SMILES string of the molecule is C=C(O)c1cc(N/C(=C(\C=O)C2CCCCC2)c2ccc(OCc3cccc(C)c3)cc2)n(C)n1.CC(F)(F)F. The van der Waals surface area contributed by atoms with E-state index in [4.69, 9.17) is 4.74 Å². The Morgan fingerprint density at radius 1 is 1.15 bits per heavy atom. The number of halogens is 3. The number of hydrogen-bond donors (Lipinski definition) is 2. The second-order valence-electron chi connectivity index (χ2n) is 9.98. The van der Waals surface area contributed by atoms with E-state index in [1.165, 1.54) is 12.0 Å². The van der Waals surface area contributed by atoms with Crippen molar-refractivity contribution < 1.29 is 27.8 Å². The molecule has 0 aliphatic heterocycles. The lowest BCUT2D eigenvalue weighted by Gasteiger charge is -2.25. The minimum atomic E-state index is -4.00. The van der Waals surface area contributed by atoms with Crippen molar-refractivity contribution in [1.82, 2.24) is 9.78 Å². The summed E-state index contributed by atoms with van der Waals surface area (Å²) in [4.78, 5) is 12.4. The molecule has 40 heavy (non-hydrogen) atoms. The average molecular weight is 556 g/mol. The Labute approximate surface area is 233 Å². The van der Waals surface area contributed by atoms with Crippen molar-refractivity contribution in [3.05, 3.63) is 89.1 Å². The van der Waals surface area contributed by atoms with E-state index in [2.05, 4.69) is 42.1 Å². The molecule has 1 fully saturated rings. The first-order chi connectivity index (χ1) is 18.9. The standard InChI is InChI=1S/C29H33N3O3.C2H3F3/c1-20-8-7-9-22(16-20)19-35-25-14-12-24(13-15-25)29(26(18-33)23-10-5-4-6-11-23)30-28-17-27(21(2)34)31-32(28)3;1-2(3,4)5/h7-9,12-18,23,30,34H,2,4-6,10-11,19H2,1,3H3;1H3/b29-26+;. The fourth-order valence-electron chi connectivity index (χ4n) is 4.62. The first-order valence-corrected chi connectivity index (χ1v) is 13.2. The van der Waals surface area contributed by atoms with E-state index in [1.54, 1.807) is 17.8 Å². The summed E-state index contributed by atoms with van der Waals surface area (Å²) in [6.07, 6.45) is 2.45. The fraction of sp³-hybridized carbons (Fsp3) is 0.355. The van der Waals surface area contributed by atoms with Gasteiger partial charge in [-0.25, -0.2) is 0 Å². The highest BCUT2D eigenvalue weighted by atomic mass is 19.4. The summed E-state index contributed by atoms with van der Waals surface area (Å²) in [7, 11) is 1.79. The van der Waals surface area contributed by atoms with Gasteiger partial charge in [0.1, 0.15) is 35.9 Å². The minimum absolute atomic E-state index is 0.0998. The van der Waals surface area contributed by atoms with Gasteiger partial charge in [-0.15, -0.1) is 0 Å². The first kappa shape index (κ1) is 30.5. The lowest BCUT2D eigenvalue weighted by atomic mass is 9.82. The molecule has 0 saturated heterocycles. The summed E-state index contributed by atoms with van der Waals surface area (Å²) in [5.74, 6) is 1.54. The number of aryl methyl sites for hydroxylation is 2. The zero-order chi connectivity index (χ0) is 29.3. The third-order valence-corrected chi connectivity index (χ3v) is 6.52. The molecule has 6 nitrogen and oxygen atoms in total. The van der Waals surface area contributed by atoms with Gasteiger partial charge >= 0.3 is 6.18 Å². The van der Waals surface area contributed by atoms with E-state index in [9.17, 15) is 23.1 Å². The van der Waals surface area contributed by atoms with E-state index in [0.29, 0.717) is 18.1 Å². The molecule has 0 radical (unpaired) electrons. The summed E-state index contributed by atoms with van der Waals surface area (Å²) >= 11 is 0. The van der Waals surface area contributed by atoms with E-state index < -0.39 is 6.18 Å². The van der Waals surface area contributed by atoms with Gasteiger partial charge in [0.2, 0.25) is 0 Å². The molecule has 3 aromatic rings. The number of carbonyl (C=O) groups is 1. The molecule has 0 bridgehead atoms. The molecule has 4 rings (SSSR count). The van der Waals surface area contributed by atoms with Crippen LogP contribution in [-0.4, -0.2) is 27.3 Å². The number of aliphatic hydroxyl groups excluding tert-OH is 1. The van der Waals surface area contributed by atoms with Crippen LogP contribution in [0, 0.1) is 12.8 Å². The fourth-order valence-corrected chi connectivity index (χ4v) is 4.62. The van der Waals surface area contributed by atoms with Gasteiger partial charge in [-0.3, -0.25) is 9.48 Å². The number of alkyl halides is 3. The highest BCUT2D eigenvalue weighted by molar-refractivity contribution is 5.93. The zero-order valence-corrected chi connectivity index (χ0v) is 23.1. The molecule has 1 aliphatic carbocycles. The Balaban J connectivity index is 0.000000810. The number of nitrogens with zero attached hydrogens (tertiary/aromatic N) is 2. The van der Waals surface area contributed by atoms with Gasteiger partial charge in [0.25, 0.3) is 0 Å². The van der Waals surface area contributed by atoms with E-state index in [-0.39, 0.29) is 18.6 Å². The molecular formula is C31H36F3N3O3. The van der Waals surface area contributed by atoms with Crippen molar-refractivity contribution in [2.75, 3.05) is 5.32 Å². The maximum atomic E-state index is 12.4. The maximum Gasteiger partial charge on any atom is 0.386 e. The predicted octanol–water partition coefficient (Wildman–Crippen LogP) is 8.01. The number of carbonyl (C=O) groups excluding carboxylic acids is 1. The Morgan fingerprint density at radius 3 is 2.35 bits per heavy atom. The van der Waals surface area contributed by atoms with Gasteiger partial charge in [0, 0.05) is 25.6 Å². The summed E-state index contributed by atoms with van der Waals surface area (Å²) in [6.45, 7) is 6.31. The van der Waals surface area contributed by atoms with Crippen LogP contribution < -0.4 is 10.1 Å². The number of hydrogen-bond acceptors (Lipinski definition) is 5. The summed E-state index contributed by atoms with van der Waals surface area (Å²) < 4.78 is 38.7. The molecule has 1 heterocycles. The average Bonchev–Trinajstić information content (AvgIpc) is 3.28. The minimum Gasteiger partial charge on any atom is -0.506 e. The smallest absolute Gasteiger partial charge is 0.386 e. The van der Waals surface area contributed by atoms with Crippen LogP contribution in [0.2, 0.25) is 0 Å². The van der Waals surface area contributed by atoms with Crippen molar-refractivity contribution in [3.63, 3.8) is 0 Å². The van der Waals surface area contributed by atoms with Crippen LogP contribution in [0.4, 0.5) is 19.0 Å². The lowest BCUT2D eigenvalue weighted by molar-refractivity contribution is -0.110. The van der Waals surface area contributed by atoms with Gasteiger partial charge in [-0.05, 0) is 61.1 Å². The summed E-state index contributed by atoms with van der Waals surface area (Å²) in [6, 6.07) is 17.8. The largest absolute Gasteiger partial charge is 0.506 e. The lowest BCUT2D eigenvalue weighted by Crippen LogP contribution is -2.16. The predicted molar refractivity (Wildman–Crippen MR) is 152 cm³/mol. The summed E-state index contributed by atoms with van der Waals surface area (Å²) in [5, 5.41) is 17.5. The molecule has 9 heteroatoms. The van der Waals surface area contributed by atoms with Gasteiger partial charge in [-0.1, -0.05) is 55.7 Å². The van der Waals surface area contributed by atoms with Crippen LogP contribution in [-0.2, 0) is 18.4 Å². The number of anilines is 1. The molecule has 0 spiro atoms. The van der Waals surface area contributed by atoms with E-state index in [0.717, 1.165) is 60.1 Å². The second kappa shape index (κ2) is 13.9. The first-order valence-electron chi connectivity index (χ1n) is 13.2. The second-order valence-corrected chi connectivity index (χ2v) is 9.98. The topological polar surface area (TPSA) is 76.4 Å². The number of aliphatic hydroxyl groups is 1. The molecule has 0 atom stereocenters. The Kier molecular flexibility index (Phi) is 10.6. The van der Waals surface area contributed by atoms with Crippen LogP contribution in [0.1, 0.15) is 61.4 Å². The number of nitrogens with one attached hydrogen (secondary N) is 1. The molecule has 0 amide bonds. The van der Waals surface area contributed by atoms with Crippen LogP contribution >= 0.6 is 0 Å². The van der Waals surface area contributed by atoms with Gasteiger partial charge in [-0.2, -0.15) is 18.3 Å². The Hall–Kier alpha value is -4.01. The number of aldehydes is 1. The molecule has 1 aliphatic rings. The number of rotatable bonds is 9. The third-order valence-electron chi connectivity index (χ3n) is 6.52. The van der Waals surface area contributed by atoms with Crippen molar-refractivity contribution in [2.45, 2.75) is 58.7 Å². The molecule has 214 valence electrons. The number of aromatic nitrogens is 2. The van der Waals surface area contributed by atoms with E-state index in [1.807, 2.05) is 30.3 Å². The number of ether oxygens (including phenoxy) is 1. The highest BCUT2D eigenvalue weighted by Crippen LogP contribution is 2.34. The Morgan fingerprint density at radius 2 is 1.80 bits per heavy atom.